The summed E-state index contributed by atoms with van der Waals surface area (Å²) >= 11 is 1.91. The van der Waals surface area contributed by atoms with Gasteiger partial charge in [0, 0.05) is 31.1 Å². The molecule has 27 heavy (non-hydrogen) atoms. The Balaban J connectivity index is 1.15. The lowest BCUT2D eigenvalue weighted by molar-refractivity contribution is 0.192. The molecule has 1 atom stereocenters. The molecule has 0 N–H and O–H groups in total. The fourth-order valence-corrected chi connectivity index (χ4v) is 4.92. The molecule has 2 aliphatic heterocycles. The fourth-order valence-electron chi connectivity index (χ4n) is 3.83. The highest BCUT2D eigenvalue weighted by Crippen LogP contribution is 2.35. The molecule has 1 unspecified atom stereocenters. The smallest absolute Gasteiger partial charge is 0.161 e. The summed E-state index contributed by atoms with van der Waals surface area (Å²) in [6.07, 6.45) is 3.85. The molecular weight excluding hydrogens is 356 g/mol. The van der Waals surface area contributed by atoms with E-state index in [1.165, 1.54) is 23.3 Å². The van der Waals surface area contributed by atoms with Gasteiger partial charge in [0.25, 0.3) is 0 Å². The lowest BCUT2D eigenvalue weighted by Gasteiger charge is -2.18. The van der Waals surface area contributed by atoms with E-state index in [2.05, 4.69) is 33.5 Å². The predicted molar refractivity (Wildman–Crippen MR) is 110 cm³/mol. The summed E-state index contributed by atoms with van der Waals surface area (Å²) in [7, 11) is 1.69. The molecule has 1 fully saturated rings. The minimum atomic E-state index is 0.268. The number of methoxy groups -OCH3 is 1. The summed E-state index contributed by atoms with van der Waals surface area (Å²) in [5, 5.41) is 0. The van der Waals surface area contributed by atoms with Crippen LogP contribution < -0.4 is 9.47 Å². The highest BCUT2D eigenvalue weighted by atomic mass is 32.2. The van der Waals surface area contributed by atoms with E-state index in [0.29, 0.717) is 0 Å². The average molecular weight is 385 g/mol. The monoisotopic (exact) mass is 384 g/mol. The second-order valence-electron chi connectivity index (χ2n) is 7.25. The first kappa shape index (κ1) is 18.7. The van der Waals surface area contributed by atoms with E-state index in [1.807, 2.05) is 36.2 Å². The normalized spacial score (nSPS) is 20.0. The van der Waals surface area contributed by atoms with Crippen molar-refractivity contribution < 1.29 is 9.47 Å². The van der Waals surface area contributed by atoms with Gasteiger partial charge in [-0.05, 0) is 61.5 Å². The molecule has 0 radical (unpaired) electrons. The minimum Gasteiger partial charge on any atom is -0.493 e. The molecule has 2 aromatic carbocycles. The summed E-state index contributed by atoms with van der Waals surface area (Å²) in [6, 6.07) is 16.7. The first-order valence-corrected chi connectivity index (χ1v) is 10.6. The summed E-state index contributed by atoms with van der Waals surface area (Å²) in [5.74, 6) is 1.68. The van der Waals surface area contributed by atoms with Crippen LogP contribution in [0.2, 0.25) is 0 Å². The van der Waals surface area contributed by atoms with Crippen LogP contribution >= 0.6 is 11.9 Å². The molecule has 0 saturated carbocycles. The van der Waals surface area contributed by atoms with Gasteiger partial charge in [-0.3, -0.25) is 4.90 Å². The van der Waals surface area contributed by atoms with Crippen molar-refractivity contribution in [1.29, 1.82) is 0 Å². The van der Waals surface area contributed by atoms with Gasteiger partial charge in [0.15, 0.2) is 11.5 Å². The number of para-hydroxylation sites is 2. The van der Waals surface area contributed by atoms with Crippen LogP contribution in [0.3, 0.4) is 0 Å². The van der Waals surface area contributed by atoms with Crippen LogP contribution in [0.25, 0.3) is 0 Å². The van der Waals surface area contributed by atoms with Crippen molar-refractivity contribution >= 4 is 11.9 Å². The van der Waals surface area contributed by atoms with Crippen molar-refractivity contribution in [3.05, 3.63) is 54.1 Å². The van der Waals surface area contributed by atoms with Gasteiger partial charge < -0.3 is 9.47 Å². The third kappa shape index (κ3) is 4.78. The molecule has 5 heteroatoms. The van der Waals surface area contributed by atoms with Crippen LogP contribution in [0.15, 0.2) is 53.4 Å². The molecule has 4 nitrogen and oxygen atoms in total. The van der Waals surface area contributed by atoms with Gasteiger partial charge in [-0.2, -0.15) is 0 Å². The summed E-state index contributed by atoms with van der Waals surface area (Å²) in [6.45, 7) is 5.55. The molecule has 1 saturated heterocycles. The number of nitrogens with zero attached hydrogens (tertiary/aromatic N) is 2. The van der Waals surface area contributed by atoms with Crippen LogP contribution in [0.4, 0.5) is 0 Å². The number of benzene rings is 2. The molecule has 4 rings (SSSR count). The Bertz CT molecular complexity index is 730. The number of hydrogen-bond donors (Lipinski definition) is 0. The Morgan fingerprint density at radius 1 is 1.00 bits per heavy atom. The number of unbranched alkanes of at least 4 members (excludes halogenated alkanes) is 1. The Morgan fingerprint density at radius 3 is 2.63 bits per heavy atom. The zero-order chi connectivity index (χ0) is 18.5. The highest BCUT2D eigenvalue weighted by Gasteiger charge is 2.24. The second-order valence-corrected chi connectivity index (χ2v) is 8.39. The van der Waals surface area contributed by atoms with Crippen LogP contribution in [-0.4, -0.2) is 48.6 Å². The van der Waals surface area contributed by atoms with E-state index in [1.54, 1.807) is 7.11 Å². The van der Waals surface area contributed by atoms with E-state index in [-0.39, 0.29) is 6.10 Å². The van der Waals surface area contributed by atoms with Gasteiger partial charge in [0.1, 0.15) is 6.10 Å². The lowest BCUT2D eigenvalue weighted by atomic mass is 10.2. The van der Waals surface area contributed by atoms with Gasteiger partial charge >= 0.3 is 0 Å². The quantitative estimate of drug-likeness (QED) is 0.495. The van der Waals surface area contributed by atoms with Crippen LogP contribution in [-0.2, 0) is 6.54 Å². The molecule has 0 aromatic heterocycles. The second kappa shape index (κ2) is 9.00. The third-order valence-corrected chi connectivity index (χ3v) is 6.44. The van der Waals surface area contributed by atoms with Crippen LogP contribution in [0.1, 0.15) is 24.8 Å². The van der Waals surface area contributed by atoms with E-state index >= 15 is 0 Å². The molecule has 144 valence electrons. The average Bonchev–Trinajstić information content (AvgIpc) is 3.32. The van der Waals surface area contributed by atoms with E-state index in [9.17, 15) is 0 Å². The van der Waals surface area contributed by atoms with Crippen LogP contribution in [0.5, 0.6) is 11.5 Å². The third-order valence-electron chi connectivity index (χ3n) is 5.27. The fraction of sp³-hybridized carbons (Fsp3) is 0.455. The Hall–Kier alpha value is -1.69. The standard InChI is InChI=1S/C22H28N2O2S/c1-25-20-9-3-4-10-21(20)26-19-12-15-23(17-19)13-6-7-14-24-16-18-8-2-5-11-22(18)27-24/h2-5,8-11,19H,6-7,12-17H2,1H3. The maximum Gasteiger partial charge on any atom is 0.161 e. The maximum absolute atomic E-state index is 6.17. The first-order chi connectivity index (χ1) is 13.3. The molecule has 0 amide bonds. The summed E-state index contributed by atoms with van der Waals surface area (Å²) in [5.41, 5.74) is 1.47. The zero-order valence-electron chi connectivity index (χ0n) is 16.0. The number of fused-ring (bicyclic) bond motifs is 1. The summed E-state index contributed by atoms with van der Waals surface area (Å²) < 4.78 is 14.0. The molecule has 2 heterocycles. The van der Waals surface area contributed by atoms with Crippen molar-refractivity contribution in [2.45, 2.75) is 36.8 Å². The van der Waals surface area contributed by atoms with Gasteiger partial charge in [-0.25, -0.2) is 4.31 Å². The van der Waals surface area contributed by atoms with Crippen molar-refractivity contribution in [3.63, 3.8) is 0 Å². The Kier molecular flexibility index (Phi) is 6.22. The topological polar surface area (TPSA) is 24.9 Å². The minimum absolute atomic E-state index is 0.268. The van der Waals surface area contributed by atoms with E-state index in [4.69, 9.17) is 9.47 Å². The first-order valence-electron chi connectivity index (χ1n) is 9.84. The Morgan fingerprint density at radius 2 is 1.78 bits per heavy atom. The molecule has 2 aromatic rings. The van der Waals surface area contributed by atoms with Gasteiger partial charge in [-0.1, -0.05) is 30.3 Å². The number of ether oxygens (including phenoxy) is 2. The van der Waals surface area contributed by atoms with E-state index in [0.717, 1.165) is 50.6 Å². The molecule has 0 aliphatic carbocycles. The number of rotatable bonds is 8. The van der Waals surface area contributed by atoms with Crippen molar-refractivity contribution in [2.24, 2.45) is 0 Å². The molecule has 2 aliphatic rings. The van der Waals surface area contributed by atoms with Crippen molar-refractivity contribution in [2.75, 3.05) is 33.3 Å². The van der Waals surface area contributed by atoms with Gasteiger partial charge in [-0.15, -0.1) is 0 Å². The molecular formula is C22H28N2O2S. The van der Waals surface area contributed by atoms with Crippen LogP contribution in [0, 0.1) is 0 Å². The molecule has 0 spiro atoms. The van der Waals surface area contributed by atoms with E-state index < -0.39 is 0 Å². The number of likely N-dealkylation sites (tertiary alicyclic amines) is 1. The van der Waals surface area contributed by atoms with Gasteiger partial charge in [0.05, 0.1) is 7.11 Å². The summed E-state index contributed by atoms with van der Waals surface area (Å²) in [4.78, 5) is 3.96. The van der Waals surface area contributed by atoms with Crippen molar-refractivity contribution in [1.82, 2.24) is 9.21 Å². The Labute approximate surface area is 166 Å². The largest absolute Gasteiger partial charge is 0.493 e. The zero-order valence-corrected chi connectivity index (χ0v) is 16.8. The lowest BCUT2D eigenvalue weighted by Crippen LogP contribution is -2.26. The highest BCUT2D eigenvalue weighted by molar-refractivity contribution is 7.97. The number of hydrogen-bond acceptors (Lipinski definition) is 5. The maximum atomic E-state index is 6.17. The van der Waals surface area contributed by atoms with Crippen molar-refractivity contribution in [3.8, 4) is 11.5 Å². The predicted octanol–water partition coefficient (Wildman–Crippen LogP) is 4.45. The molecule has 0 bridgehead atoms. The van der Waals surface area contributed by atoms with Gasteiger partial charge in [0.2, 0.25) is 0 Å². The SMILES string of the molecule is COc1ccccc1OC1CCN(CCCCN2Cc3ccccc3S2)C1.